The summed E-state index contributed by atoms with van der Waals surface area (Å²) in [5, 5.41) is 20.8. The van der Waals surface area contributed by atoms with Gasteiger partial charge in [0, 0.05) is 23.0 Å². The molecule has 2 aliphatic heterocycles. The number of para-hydroxylation sites is 1. The number of aromatic carboxylic acids is 1. The van der Waals surface area contributed by atoms with Crippen molar-refractivity contribution in [2.24, 2.45) is 0 Å². The van der Waals surface area contributed by atoms with Gasteiger partial charge in [-0.3, -0.25) is 9.69 Å². The third-order valence-corrected chi connectivity index (χ3v) is 7.92. The van der Waals surface area contributed by atoms with E-state index in [0.717, 1.165) is 13.0 Å². The molecule has 33 heavy (non-hydrogen) atoms. The first-order chi connectivity index (χ1) is 15.7. The summed E-state index contributed by atoms with van der Waals surface area (Å²) in [6.45, 7) is 1.41. The minimum absolute atomic E-state index is 0.0626. The number of halogens is 1. The van der Waals surface area contributed by atoms with Crippen molar-refractivity contribution in [2.75, 3.05) is 6.54 Å². The second kappa shape index (κ2) is 9.14. The van der Waals surface area contributed by atoms with Crippen LogP contribution in [0.3, 0.4) is 0 Å². The summed E-state index contributed by atoms with van der Waals surface area (Å²) in [6, 6.07) is 12.5. The van der Waals surface area contributed by atoms with E-state index < -0.39 is 28.1 Å². The maximum Gasteiger partial charge on any atom is 0.343 e. The average Bonchev–Trinajstić information content (AvgIpc) is 3.23. The van der Waals surface area contributed by atoms with Gasteiger partial charge < -0.3 is 14.4 Å². The van der Waals surface area contributed by atoms with Crippen molar-refractivity contribution in [3.63, 3.8) is 0 Å². The topological polar surface area (TPSA) is 121 Å². The van der Waals surface area contributed by atoms with E-state index in [0.29, 0.717) is 17.1 Å². The Bertz CT molecular complexity index is 1340. The number of nitrogens with zero attached hydrogens (tertiary/aromatic N) is 1. The fraction of sp³-hybridized carbons (Fsp3) is 0.182. The lowest BCUT2D eigenvalue weighted by Gasteiger charge is -2.32. The highest BCUT2D eigenvalue weighted by atomic mass is 35.5. The maximum atomic E-state index is 11.7. The third-order valence-electron chi connectivity index (χ3n) is 5.31. The molecule has 0 radical (unpaired) electrons. The first-order valence-electron chi connectivity index (χ1n) is 9.76. The van der Waals surface area contributed by atoms with Crippen LogP contribution >= 0.6 is 22.9 Å². The number of carbonyl (C=O) groups is 2. The molecule has 8 nitrogen and oxygen atoms in total. The van der Waals surface area contributed by atoms with Crippen LogP contribution in [0.25, 0.3) is 0 Å². The fourth-order valence-electron chi connectivity index (χ4n) is 3.76. The molecule has 0 bridgehead atoms. The van der Waals surface area contributed by atoms with Crippen LogP contribution in [0.15, 0.2) is 58.8 Å². The van der Waals surface area contributed by atoms with Gasteiger partial charge in [-0.05, 0) is 47.2 Å². The largest absolute Gasteiger partial charge is 0.480 e. The van der Waals surface area contributed by atoms with E-state index in [1.165, 1.54) is 28.6 Å². The molecular formula is C22H18ClNO7S2. The molecule has 2 aliphatic rings. The number of hydrogen-bond acceptors (Lipinski definition) is 7. The molecule has 2 N–H and O–H groups in total. The average molecular weight is 508 g/mol. The number of carboxylic acid groups (broad SMARTS) is 2. The quantitative estimate of drug-likeness (QED) is 0.507. The van der Waals surface area contributed by atoms with Crippen LogP contribution in [-0.2, 0) is 27.9 Å². The molecule has 1 atom stereocenters. The molecule has 5 rings (SSSR count). The predicted molar refractivity (Wildman–Crippen MR) is 121 cm³/mol. The van der Waals surface area contributed by atoms with Crippen LogP contribution < -0.4 is 4.18 Å². The molecule has 11 heteroatoms. The standard InChI is InChI=1S/C15H14ClNO2S.C7H4O5S/c16-12-4-2-1-3-11(12)14(15(18)19)17-7-5-13-10(9-17)6-8-20-13;8-7(9)4-2-1-3-5-6(4)12-13(5,10)11/h1-4,6,8,14H,5,7,9H2,(H,18,19);1-3H,(H,8,9)/t14-;/m0./s1. The molecule has 172 valence electrons. The molecule has 2 aromatic carbocycles. The Hall–Kier alpha value is -2.92. The Labute approximate surface area is 198 Å². The zero-order valence-corrected chi connectivity index (χ0v) is 19.4. The molecule has 0 saturated carbocycles. The molecule has 0 spiro atoms. The molecular weight excluding hydrogens is 490 g/mol. The molecule has 3 aromatic rings. The highest BCUT2D eigenvalue weighted by molar-refractivity contribution is 7.88. The Morgan fingerprint density at radius 3 is 2.52 bits per heavy atom. The Morgan fingerprint density at radius 2 is 1.85 bits per heavy atom. The first-order valence-corrected chi connectivity index (χ1v) is 12.4. The van der Waals surface area contributed by atoms with Crippen LogP contribution in [0, 0.1) is 0 Å². The minimum atomic E-state index is -3.66. The molecule has 0 amide bonds. The highest BCUT2D eigenvalue weighted by Crippen LogP contribution is 2.39. The summed E-state index contributed by atoms with van der Waals surface area (Å²) in [5.74, 6) is -2.13. The van der Waals surface area contributed by atoms with Crippen LogP contribution in [-0.4, -0.2) is 42.0 Å². The summed E-state index contributed by atoms with van der Waals surface area (Å²) >= 11 is 7.92. The van der Waals surface area contributed by atoms with E-state index in [4.69, 9.17) is 16.7 Å². The van der Waals surface area contributed by atoms with Gasteiger partial charge in [0.15, 0.2) is 10.6 Å². The van der Waals surface area contributed by atoms with Gasteiger partial charge in [-0.2, -0.15) is 8.42 Å². The van der Waals surface area contributed by atoms with Crippen LogP contribution in [0.2, 0.25) is 5.02 Å². The molecule has 1 aromatic heterocycles. The van der Waals surface area contributed by atoms with Crippen molar-refractivity contribution in [3.05, 3.63) is 80.5 Å². The van der Waals surface area contributed by atoms with Gasteiger partial charge in [0.05, 0.1) is 0 Å². The Morgan fingerprint density at radius 1 is 1.09 bits per heavy atom. The summed E-state index contributed by atoms with van der Waals surface area (Å²) in [5.41, 5.74) is 1.77. The number of carboxylic acids is 2. The van der Waals surface area contributed by atoms with Gasteiger partial charge in [-0.15, -0.1) is 11.3 Å². The highest BCUT2D eigenvalue weighted by Gasteiger charge is 2.37. The number of rotatable bonds is 4. The van der Waals surface area contributed by atoms with Gasteiger partial charge >= 0.3 is 22.1 Å². The van der Waals surface area contributed by atoms with Crippen LogP contribution in [0.5, 0.6) is 5.75 Å². The monoisotopic (exact) mass is 507 g/mol. The maximum absolute atomic E-state index is 11.7. The van der Waals surface area contributed by atoms with Gasteiger partial charge in [0.2, 0.25) is 0 Å². The Balaban J connectivity index is 0.000000172. The van der Waals surface area contributed by atoms with Crippen molar-refractivity contribution < 1.29 is 32.4 Å². The van der Waals surface area contributed by atoms with E-state index in [1.807, 2.05) is 17.0 Å². The van der Waals surface area contributed by atoms with E-state index in [1.54, 1.807) is 23.5 Å². The van der Waals surface area contributed by atoms with Gasteiger partial charge in [-0.1, -0.05) is 35.9 Å². The van der Waals surface area contributed by atoms with Gasteiger partial charge in [0.1, 0.15) is 11.6 Å². The van der Waals surface area contributed by atoms with Gasteiger partial charge in [0.25, 0.3) is 0 Å². The number of hydrogen-bond donors (Lipinski definition) is 2. The van der Waals surface area contributed by atoms with E-state index >= 15 is 0 Å². The lowest BCUT2D eigenvalue weighted by molar-refractivity contribution is -0.144. The first kappa shape index (κ1) is 23.2. The van der Waals surface area contributed by atoms with Crippen LogP contribution in [0.4, 0.5) is 0 Å². The lowest BCUT2D eigenvalue weighted by atomic mass is 10.0. The van der Waals surface area contributed by atoms with Crippen molar-refractivity contribution in [1.29, 1.82) is 0 Å². The summed E-state index contributed by atoms with van der Waals surface area (Å²) in [6.07, 6.45) is 0.904. The van der Waals surface area contributed by atoms with Crippen LogP contribution in [0.1, 0.15) is 32.4 Å². The van der Waals surface area contributed by atoms with Gasteiger partial charge in [-0.25, -0.2) is 4.79 Å². The molecule has 3 heterocycles. The van der Waals surface area contributed by atoms with Crippen molar-refractivity contribution in [1.82, 2.24) is 4.90 Å². The summed E-state index contributed by atoms with van der Waals surface area (Å²) < 4.78 is 26.1. The van der Waals surface area contributed by atoms with Crippen molar-refractivity contribution in [2.45, 2.75) is 23.9 Å². The van der Waals surface area contributed by atoms with Crippen molar-refractivity contribution >= 4 is 45.0 Å². The zero-order valence-electron chi connectivity index (χ0n) is 17.0. The van der Waals surface area contributed by atoms with E-state index in [-0.39, 0.29) is 16.2 Å². The number of aliphatic carboxylic acids is 1. The normalized spacial score (nSPS) is 16.6. The smallest absolute Gasteiger partial charge is 0.343 e. The van der Waals surface area contributed by atoms with E-state index in [2.05, 4.69) is 15.6 Å². The lowest BCUT2D eigenvalue weighted by Crippen LogP contribution is -2.37. The number of thiophene rings is 1. The van der Waals surface area contributed by atoms with Crippen molar-refractivity contribution in [3.8, 4) is 5.75 Å². The Kier molecular flexibility index (Phi) is 6.44. The summed E-state index contributed by atoms with van der Waals surface area (Å²) in [7, 11) is -3.66. The second-order valence-corrected chi connectivity index (χ2v) is 10.2. The van der Waals surface area contributed by atoms with E-state index in [9.17, 15) is 23.1 Å². The minimum Gasteiger partial charge on any atom is -0.480 e. The third kappa shape index (κ3) is 4.60. The number of benzene rings is 2. The molecule has 0 unspecified atom stereocenters. The second-order valence-electron chi connectivity index (χ2n) is 7.33. The predicted octanol–water partition coefficient (Wildman–Crippen LogP) is 4.05. The zero-order chi connectivity index (χ0) is 23.8. The summed E-state index contributed by atoms with van der Waals surface area (Å²) in [4.78, 5) is 25.5. The molecule has 0 aliphatic carbocycles. The molecule has 0 fully saturated rings. The molecule has 0 saturated heterocycles. The fourth-order valence-corrected chi connectivity index (χ4v) is 5.89. The SMILES string of the molecule is O=C(O)[C@H](c1ccccc1Cl)N1CCc2sccc2C1.O=C(O)c1cccc2c1OS2(=O)=O. The number of fused-ring (bicyclic) bond motifs is 2.